The van der Waals surface area contributed by atoms with Crippen molar-refractivity contribution in [3.8, 4) is 11.5 Å². The smallest absolute Gasteiger partial charge is 0.191 e. The number of rotatable bonds is 8. The summed E-state index contributed by atoms with van der Waals surface area (Å²) in [5.74, 6) is 3.13. The fourth-order valence-electron chi connectivity index (χ4n) is 3.02. The molecule has 2 unspecified atom stereocenters. The van der Waals surface area contributed by atoms with E-state index in [0.717, 1.165) is 30.5 Å². The standard InChI is InChI=1S/C19H32N4O2.HI/c1-5-23-10-9-16(14-23)13-22-19(20-3)21-12-15(2)25-18-8-6-7-17(11-18)24-4;/h6-8,11,15-16H,5,9-10,12-14H2,1-4H3,(H2,20,21,22);1H. The molecule has 2 atom stereocenters. The number of hydrogen-bond donors (Lipinski definition) is 2. The van der Waals surface area contributed by atoms with E-state index in [9.17, 15) is 0 Å². The van der Waals surface area contributed by atoms with Gasteiger partial charge < -0.3 is 25.0 Å². The van der Waals surface area contributed by atoms with E-state index in [-0.39, 0.29) is 30.1 Å². The van der Waals surface area contributed by atoms with Crippen LogP contribution in [0.2, 0.25) is 0 Å². The van der Waals surface area contributed by atoms with E-state index in [0.29, 0.717) is 12.5 Å². The molecular formula is C19H33IN4O2. The zero-order chi connectivity index (χ0) is 18.1. The number of guanidine groups is 1. The molecule has 0 bridgehead atoms. The lowest BCUT2D eigenvalue weighted by Gasteiger charge is -2.19. The van der Waals surface area contributed by atoms with Gasteiger partial charge in [-0.05, 0) is 44.5 Å². The molecule has 1 aliphatic rings. The van der Waals surface area contributed by atoms with Crippen LogP contribution in [0.1, 0.15) is 20.3 Å². The Labute approximate surface area is 174 Å². The minimum absolute atomic E-state index is 0. The van der Waals surface area contributed by atoms with Crippen LogP contribution in [-0.4, -0.2) is 63.8 Å². The average Bonchev–Trinajstić information content (AvgIpc) is 3.10. The van der Waals surface area contributed by atoms with Crippen LogP contribution in [0.3, 0.4) is 0 Å². The highest BCUT2D eigenvalue weighted by Gasteiger charge is 2.21. The third-order valence-electron chi connectivity index (χ3n) is 4.53. The molecule has 2 rings (SSSR count). The summed E-state index contributed by atoms with van der Waals surface area (Å²) >= 11 is 0. The molecule has 0 saturated carbocycles. The van der Waals surface area contributed by atoms with E-state index < -0.39 is 0 Å². The van der Waals surface area contributed by atoms with E-state index >= 15 is 0 Å². The van der Waals surface area contributed by atoms with Gasteiger partial charge in [-0.25, -0.2) is 0 Å². The van der Waals surface area contributed by atoms with Crippen LogP contribution in [0, 0.1) is 5.92 Å². The van der Waals surface area contributed by atoms with Gasteiger partial charge in [0.1, 0.15) is 17.6 Å². The zero-order valence-electron chi connectivity index (χ0n) is 16.3. The Kier molecular flexibility index (Phi) is 10.7. The van der Waals surface area contributed by atoms with Crippen LogP contribution >= 0.6 is 24.0 Å². The summed E-state index contributed by atoms with van der Waals surface area (Å²) in [6.45, 7) is 9.43. The Balaban J connectivity index is 0.00000338. The van der Waals surface area contributed by atoms with E-state index in [4.69, 9.17) is 9.47 Å². The van der Waals surface area contributed by atoms with Crippen molar-refractivity contribution in [3.05, 3.63) is 24.3 Å². The number of hydrogen-bond acceptors (Lipinski definition) is 4. The van der Waals surface area contributed by atoms with Gasteiger partial charge in [-0.3, -0.25) is 4.99 Å². The number of likely N-dealkylation sites (tertiary alicyclic amines) is 1. The van der Waals surface area contributed by atoms with Crippen LogP contribution in [0.5, 0.6) is 11.5 Å². The van der Waals surface area contributed by atoms with Crippen LogP contribution in [0.25, 0.3) is 0 Å². The molecule has 1 aromatic rings. The molecule has 1 heterocycles. The van der Waals surface area contributed by atoms with Crippen LogP contribution in [0.4, 0.5) is 0 Å². The zero-order valence-corrected chi connectivity index (χ0v) is 18.7. The molecule has 1 fully saturated rings. The van der Waals surface area contributed by atoms with Gasteiger partial charge in [0, 0.05) is 26.2 Å². The minimum Gasteiger partial charge on any atom is -0.497 e. The first-order chi connectivity index (χ1) is 12.1. The molecule has 0 radical (unpaired) electrons. The van der Waals surface area contributed by atoms with Gasteiger partial charge in [0.15, 0.2) is 5.96 Å². The Bertz CT molecular complexity index is 556. The molecule has 0 aliphatic carbocycles. The molecule has 1 saturated heterocycles. The van der Waals surface area contributed by atoms with Gasteiger partial charge in [0.25, 0.3) is 0 Å². The maximum atomic E-state index is 5.93. The maximum Gasteiger partial charge on any atom is 0.191 e. The van der Waals surface area contributed by atoms with Crippen molar-refractivity contribution in [1.82, 2.24) is 15.5 Å². The summed E-state index contributed by atoms with van der Waals surface area (Å²) < 4.78 is 11.1. The number of nitrogens with zero attached hydrogens (tertiary/aromatic N) is 2. The van der Waals surface area contributed by atoms with Crippen molar-refractivity contribution >= 4 is 29.9 Å². The number of benzene rings is 1. The van der Waals surface area contributed by atoms with Gasteiger partial charge in [-0.1, -0.05) is 13.0 Å². The third kappa shape index (κ3) is 7.57. The van der Waals surface area contributed by atoms with Crippen molar-refractivity contribution in [2.75, 3.05) is 46.9 Å². The van der Waals surface area contributed by atoms with Crippen molar-refractivity contribution in [2.24, 2.45) is 10.9 Å². The fourth-order valence-corrected chi connectivity index (χ4v) is 3.02. The monoisotopic (exact) mass is 476 g/mol. The molecule has 1 aromatic carbocycles. The Morgan fingerprint density at radius 3 is 2.77 bits per heavy atom. The largest absolute Gasteiger partial charge is 0.497 e. The lowest BCUT2D eigenvalue weighted by atomic mass is 10.1. The molecule has 1 aliphatic heterocycles. The molecule has 0 spiro atoms. The molecule has 2 N–H and O–H groups in total. The molecule has 7 heteroatoms. The fraction of sp³-hybridized carbons (Fsp3) is 0.632. The van der Waals surface area contributed by atoms with Gasteiger partial charge in [-0.15, -0.1) is 24.0 Å². The predicted molar refractivity (Wildman–Crippen MR) is 118 cm³/mol. The van der Waals surface area contributed by atoms with E-state index in [1.54, 1.807) is 14.2 Å². The Morgan fingerprint density at radius 1 is 1.35 bits per heavy atom. The highest BCUT2D eigenvalue weighted by Crippen LogP contribution is 2.19. The summed E-state index contributed by atoms with van der Waals surface area (Å²) in [5.41, 5.74) is 0. The lowest BCUT2D eigenvalue weighted by molar-refractivity contribution is 0.223. The number of aliphatic imine (C=N–C) groups is 1. The van der Waals surface area contributed by atoms with E-state index in [1.807, 2.05) is 31.2 Å². The Hall–Kier alpha value is -1.22. The lowest BCUT2D eigenvalue weighted by Crippen LogP contribution is -2.43. The van der Waals surface area contributed by atoms with E-state index in [2.05, 4.69) is 27.4 Å². The molecule has 0 aromatic heterocycles. The highest BCUT2D eigenvalue weighted by atomic mass is 127. The second kappa shape index (κ2) is 12.2. The van der Waals surface area contributed by atoms with Gasteiger partial charge in [0.2, 0.25) is 0 Å². The molecule has 6 nitrogen and oxygen atoms in total. The normalized spacial score (nSPS) is 18.8. The summed E-state index contributed by atoms with van der Waals surface area (Å²) in [4.78, 5) is 6.79. The first-order valence-electron chi connectivity index (χ1n) is 9.12. The topological polar surface area (TPSA) is 58.1 Å². The molecule has 148 valence electrons. The summed E-state index contributed by atoms with van der Waals surface area (Å²) in [7, 11) is 3.46. The van der Waals surface area contributed by atoms with Crippen LogP contribution in [0.15, 0.2) is 29.3 Å². The minimum atomic E-state index is 0. The SMILES string of the molecule is CCN1CCC(CNC(=NC)NCC(C)Oc2cccc(OC)c2)C1.I. The van der Waals surface area contributed by atoms with Crippen molar-refractivity contribution in [2.45, 2.75) is 26.4 Å². The van der Waals surface area contributed by atoms with E-state index in [1.165, 1.54) is 19.5 Å². The van der Waals surface area contributed by atoms with Crippen LogP contribution in [-0.2, 0) is 0 Å². The van der Waals surface area contributed by atoms with Gasteiger partial charge in [-0.2, -0.15) is 0 Å². The van der Waals surface area contributed by atoms with Crippen molar-refractivity contribution < 1.29 is 9.47 Å². The number of nitrogens with one attached hydrogen (secondary N) is 2. The van der Waals surface area contributed by atoms with Crippen molar-refractivity contribution in [1.29, 1.82) is 0 Å². The highest BCUT2D eigenvalue weighted by molar-refractivity contribution is 14.0. The summed E-state index contributed by atoms with van der Waals surface area (Å²) in [6, 6.07) is 7.66. The second-order valence-electron chi connectivity index (χ2n) is 6.49. The Morgan fingerprint density at radius 2 is 2.12 bits per heavy atom. The average molecular weight is 476 g/mol. The second-order valence-corrected chi connectivity index (χ2v) is 6.49. The molecule has 0 amide bonds. The quantitative estimate of drug-likeness (QED) is 0.343. The predicted octanol–water partition coefficient (Wildman–Crippen LogP) is 2.59. The number of methoxy groups -OCH3 is 1. The third-order valence-corrected chi connectivity index (χ3v) is 4.53. The first-order valence-corrected chi connectivity index (χ1v) is 9.12. The molecule has 26 heavy (non-hydrogen) atoms. The van der Waals surface area contributed by atoms with Gasteiger partial charge in [0.05, 0.1) is 13.7 Å². The van der Waals surface area contributed by atoms with Crippen molar-refractivity contribution in [3.63, 3.8) is 0 Å². The van der Waals surface area contributed by atoms with Crippen LogP contribution < -0.4 is 20.1 Å². The number of ether oxygens (including phenoxy) is 2. The first kappa shape index (κ1) is 22.8. The summed E-state index contributed by atoms with van der Waals surface area (Å²) in [6.07, 6.45) is 1.28. The molecular weight excluding hydrogens is 443 g/mol. The summed E-state index contributed by atoms with van der Waals surface area (Å²) in [5, 5.41) is 6.77. The van der Waals surface area contributed by atoms with Gasteiger partial charge >= 0.3 is 0 Å². The maximum absolute atomic E-state index is 5.93. The number of halogens is 1.